The molecular weight excluding hydrogens is 296 g/mol. The fourth-order valence-corrected chi connectivity index (χ4v) is 3.34. The molecule has 2 heterocycles. The van der Waals surface area contributed by atoms with Gasteiger partial charge in [0.2, 0.25) is 0 Å². The van der Waals surface area contributed by atoms with Crippen molar-refractivity contribution in [3.8, 4) is 11.3 Å². The molecule has 3 heteroatoms. The highest BCUT2D eigenvalue weighted by Gasteiger charge is 2.20. The molecule has 1 aliphatic heterocycles. The average molecular weight is 314 g/mol. The van der Waals surface area contributed by atoms with Gasteiger partial charge in [-0.1, -0.05) is 48.5 Å². The number of aromatic nitrogens is 1. The van der Waals surface area contributed by atoms with Crippen LogP contribution < -0.4 is 4.90 Å². The molecule has 1 aliphatic rings. The van der Waals surface area contributed by atoms with Crippen molar-refractivity contribution < 1.29 is 4.79 Å². The molecule has 0 aliphatic carbocycles. The summed E-state index contributed by atoms with van der Waals surface area (Å²) in [7, 11) is 0. The third-order valence-electron chi connectivity index (χ3n) is 4.54. The molecule has 2 aromatic carbocycles. The molecule has 0 radical (unpaired) electrons. The molecule has 3 aromatic rings. The number of carbonyl (C=O) groups excluding carboxylic acids is 1. The molecule has 24 heavy (non-hydrogen) atoms. The smallest absolute Gasteiger partial charge is 0.146 e. The van der Waals surface area contributed by atoms with E-state index in [2.05, 4.69) is 35.1 Å². The largest absolute Gasteiger partial charge is 0.335 e. The lowest BCUT2D eigenvalue weighted by Crippen LogP contribution is -2.28. The number of anilines is 1. The Balaban J connectivity index is 1.94. The fourth-order valence-electron chi connectivity index (χ4n) is 3.34. The van der Waals surface area contributed by atoms with Gasteiger partial charge in [-0.05, 0) is 31.4 Å². The number of benzene rings is 2. The summed E-state index contributed by atoms with van der Waals surface area (Å²) in [5.74, 6) is 2.15. The van der Waals surface area contributed by atoms with E-state index in [1.54, 1.807) is 0 Å². The van der Waals surface area contributed by atoms with E-state index < -0.39 is 0 Å². The van der Waals surface area contributed by atoms with Crippen molar-refractivity contribution in [2.45, 2.75) is 19.3 Å². The van der Waals surface area contributed by atoms with E-state index in [0.717, 1.165) is 59.4 Å². The first-order chi connectivity index (χ1) is 11.9. The van der Waals surface area contributed by atoms with Gasteiger partial charge in [-0.25, -0.2) is 9.78 Å². The summed E-state index contributed by atoms with van der Waals surface area (Å²) in [6.07, 6.45) is 2.93. The molecule has 0 unspecified atom stereocenters. The summed E-state index contributed by atoms with van der Waals surface area (Å²) in [6.45, 7) is 0.854. The highest BCUT2D eigenvalue weighted by Crippen LogP contribution is 2.34. The van der Waals surface area contributed by atoms with Crippen LogP contribution in [0.5, 0.6) is 0 Å². The fraction of sp³-hybridized carbons (Fsp3) is 0.190. The Morgan fingerprint density at radius 3 is 2.58 bits per heavy atom. The van der Waals surface area contributed by atoms with E-state index in [1.807, 2.05) is 36.4 Å². The number of nitrogens with zero attached hydrogens (tertiary/aromatic N) is 2. The molecule has 0 saturated carbocycles. The van der Waals surface area contributed by atoms with Crippen molar-refractivity contribution in [2.24, 2.45) is 0 Å². The predicted molar refractivity (Wildman–Crippen MR) is 97.6 cm³/mol. The van der Waals surface area contributed by atoms with E-state index >= 15 is 0 Å². The third-order valence-corrected chi connectivity index (χ3v) is 4.54. The van der Waals surface area contributed by atoms with Crippen molar-refractivity contribution >= 4 is 22.5 Å². The molecule has 118 valence electrons. The van der Waals surface area contributed by atoms with Gasteiger partial charge in [-0.2, -0.15) is 0 Å². The summed E-state index contributed by atoms with van der Waals surface area (Å²) in [4.78, 5) is 18.4. The van der Waals surface area contributed by atoms with Crippen LogP contribution >= 0.6 is 0 Å². The van der Waals surface area contributed by atoms with E-state index in [4.69, 9.17) is 4.98 Å². The van der Waals surface area contributed by atoms with Crippen LogP contribution in [0.25, 0.3) is 22.2 Å². The van der Waals surface area contributed by atoms with Crippen molar-refractivity contribution in [2.75, 3.05) is 11.4 Å². The molecule has 3 nitrogen and oxygen atoms in total. The van der Waals surface area contributed by atoms with Crippen LogP contribution in [-0.4, -0.2) is 17.5 Å². The summed E-state index contributed by atoms with van der Waals surface area (Å²) >= 11 is 0. The Morgan fingerprint density at radius 1 is 0.958 bits per heavy atom. The molecule has 4 rings (SSSR count). The molecule has 1 saturated heterocycles. The van der Waals surface area contributed by atoms with Crippen LogP contribution in [0, 0.1) is 0 Å². The normalized spacial score (nSPS) is 14.7. The van der Waals surface area contributed by atoms with Gasteiger partial charge in [0.05, 0.1) is 16.9 Å². The van der Waals surface area contributed by atoms with Crippen LogP contribution in [0.4, 0.5) is 5.69 Å². The Morgan fingerprint density at radius 2 is 1.75 bits per heavy atom. The minimum Gasteiger partial charge on any atom is -0.335 e. The van der Waals surface area contributed by atoms with Crippen molar-refractivity contribution in [1.29, 1.82) is 0 Å². The molecule has 0 spiro atoms. The van der Waals surface area contributed by atoms with Gasteiger partial charge in [-0.3, -0.25) is 0 Å². The van der Waals surface area contributed by atoms with E-state index in [-0.39, 0.29) is 0 Å². The quantitative estimate of drug-likeness (QED) is 0.648. The molecule has 1 aromatic heterocycles. The maximum absolute atomic E-state index is 11.4. The van der Waals surface area contributed by atoms with E-state index in [1.165, 1.54) is 0 Å². The minimum atomic E-state index is 0.747. The van der Waals surface area contributed by atoms with Crippen LogP contribution in [-0.2, 0) is 4.79 Å². The van der Waals surface area contributed by atoms with E-state index in [0.29, 0.717) is 0 Å². The molecule has 1 fully saturated rings. The first kappa shape index (κ1) is 14.7. The topological polar surface area (TPSA) is 33.2 Å². The monoisotopic (exact) mass is 314 g/mol. The van der Waals surface area contributed by atoms with Gasteiger partial charge in [0.1, 0.15) is 11.6 Å². The van der Waals surface area contributed by atoms with E-state index in [9.17, 15) is 4.79 Å². The maximum Gasteiger partial charge on any atom is 0.146 e. The third kappa shape index (κ3) is 2.60. The Hall–Kier alpha value is -2.90. The van der Waals surface area contributed by atoms with Crippen molar-refractivity contribution in [1.82, 2.24) is 4.98 Å². The zero-order chi connectivity index (χ0) is 16.4. The summed E-state index contributed by atoms with van der Waals surface area (Å²) in [6, 6.07) is 20.4. The van der Waals surface area contributed by atoms with Crippen LogP contribution in [0.3, 0.4) is 0 Å². The summed E-state index contributed by atoms with van der Waals surface area (Å²) in [5, 5.41) is 1.08. The van der Waals surface area contributed by atoms with Gasteiger partial charge in [0.15, 0.2) is 0 Å². The second-order valence-corrected chi connectivity index (χ2v) is 6.07. The second-order valence-electron chi connectivity index (χ2n) is 6.07. The predicted octanol–water partition coefficient (Wildman–Crippen LogP) is 4.61. The molecule has 0 bridgehead atoms. The summed E-state index contributed by atoms with van der Waals surface area (Å²) in [5.41, 5.74) is 4.76. The Kier molecular flexibility index (Phi) is 3.86. The van der Waals surface area contributed by atoms with Gasteiger partial charge in [0.25, 0.3) is 0 Å². The number of rotatable bonds is 2. The number of para-hydroxylation sites is 1. The average Bonchev–Trinajstić information content (AvgIpc) is 2.68. The first-order valence-electron chi connectivity index (χ1n) is 8.33. The molecule has 0 N–H and O–H groups in total. The number of allylic oxidation sites excluding steroid dienone is 1. The number of piperidine rings is 1. The summed E-state index contributed by atoms with van der Waals surface area (Å²) < 4.78 is 0. The standard InChI is InChI=1S/C21H18N2O/c24-15-17-10-6-7-13-23(17)21-14-20(16-8-2-1-3-9-16)22-19-12-5-4-11-18(19)21/h1-5,8-9,11-12,14H,6-7,10,13H2. The van der Waals surface area contributed by atoms with Crippen LogP contribution in [0.15, 0.2) is 66.4 Å². The second kappa shape index (κ2) is 6.31. The van der Waals surface area contributed by atoms with Gasteiger partial charge >= 0.3 is 0 Å². The van der Waals surface area contributed by atoms with Gasteiger partial charge in [-0.15, -0.1) is 0 Å². The van der Waals surface area contributed by atoms with Crippen molar-refractivity contribution in [3.05, 3.63) is 66.4 Å². The van der Waals surface area contributed by atoms with Crippen molar-refractivity contribution in [3.63, 3.8) is 0 Å². The molecular formula is C21H18N2O. The number of fused-ring (bicyclic) bond motifs is 1. The minimum absolute atomic E-state index is 0.747. The Bertz CT molecular complexity index is 927. The number of pyridine rings is 1. The zero-order valence-corrected chi connectivity index (χ0v) is 13.4. The molecule has 0 atom stereocenters. The first-order valence-corrected chi connectivity index (χ1v) is 8.33. The van der Waals surface area contributed by atoms with Gasteiger partial charge < -0.3 is 4.90 Å². The lowest BCUT2D eigenvalue weighted by Gasteiger charge is -2.30. The lowest BCUT2D eigenvalue weighted by atomic mass is 10.0. The SMILES string of the molecule is O=C=C1CCCCN1c1cc(-c2ccccc2)nc2ccccc12. The van der Waals surface area contributed by atoms with Gasteiger partial charge in [0, 0.05) is 17.5 Å². The maximum atomic E-state index is 11.4. The van der Waals surface area contributed by atoms with Crippen LogP contribution in [0.1, 0.15) is 19.3 Å². The Labute approximate surface area is 141 Å². The number of hydrogen-bond acceptors (Lipinski definition) is 3. The molecule has 0 amide bonds. The lowest BCUT2D eigenvalue weighted by molar-refractivity contribution is 0.558. The van der Waals surface area contributed by atoms with Crippen LogP contribution in [0.2, 0.25) is 0 Å². The highest BCUT2D eigenvalue weighted by molar-refractivity contribution is 5.95. The highest BCUT2D eigenvalue weighted by atomic mass is 16.1. The zero-order valence-electron chi connectivity index (χ0n) is 13.4. The number of hydrogen-bond donors (Lipinski definition) is 0.